The first kappa shape index (κ1) is 13.0. The molecule has 1 saturated carbocycles. The summed E-state index contributed by atoms with van der Waals surface area (Å²) in [6, 6.07) is 5.93. The lowest BCUT2D eigenvalue weighted by atomic mass is 9.80. The molecule has 0 atom stereocenters. The maximum atomic E-state index is 13.6. The summed E-state index contributed by atoms with van der Waals surface area (Å²) in [6.07, 6.45) is 3.91. The Balaban J connectivity index is 1.87. The predicted octanol–water partition coefficient (Wildman–Crippen LogP) is 2.02. The number of aliphatic hydroxyl groups is 1. The van der Waals surface area contributed by atoms with Crippen LogP contribution in [-0.2, 0) is 0 Å². The number of fused-ring (bicyclic) bond motifs is 1. The molecule has 2 aromatic rings. The molecule has 3 rings (SSSR count). The molecule has 104 valence electrons. The molecule has 0 spiro atoms. The van der Waals surface area contributed by atoms with E-state index in [0.717, 1.165) is 6.42 Å². The van der Waals surface area contributed by atoms with Crippen LogP contribution in [0.2, 0.25) is 0 Å². The number of benzene rings is 1. The van der Waals surface area contributed by atoms with Crippen molar-refractivity contribution in [3.8, 4) is 0 Å². The highest BCUT2D eigenvalue weighted by atomic mass is 19.1. The third kappa shape index (κ3) is 2.36. The maximum absolute atomic E-state index is 13.6. The van der Waals surface area contributed by atoms with E-state index in [1.807, 2.05) is 0 Å². The van der Waals surface area contributed by atoms with Crippen molar-refractivity contribution >= 4 is 16.8 Å². The largest absolute Gasteiger partial charge is 0.388 e. The Kier molecular flexibility index (Phi) is 3.14. The molecular weight excluding hydrogens is 259 g/mol. The summed E-state index contributed by atoms with van der Waals surface area (Å²) in [5.74, 6) is -0.883. The van der Waals surface area contributed by atoms with Gasteiger partial charge < -0.3 is 10.4 Å². The fourth-order valence-corrected chi connectivity index (χ4v) is 2.43. The van der Waals surface area contributed by atoms with Crippen LogP contribution in [0.1, 0.15) is 29.6 Å². The van der Waals surface area contributed by atoms with Crippen LogP contribution in [0.5, 0.6) is 0 Å². The Morgan fingerprint density at radius 2 is 2.25 bits per heavy atom. The van der Waals surface area contributed by atoms with Gasteiger partial charge >= 0.3 is 0 Å². The van der Waals surface area contributed by atoms with E-state index in [1.54, 1.807) is 18.3 Å². The van der Waals surface area contributed by atoms with Gasteiger partial charge in [-0.25, -0.2) is 4.39 Å². The van der Waals surface area contributed by atoms with Gasteiger partial charge in [-0.05, 0) is 37.5 Å². The third-order valence-electron chi connectivity index (χ3n) is 3.78. The van der Waals surface area contributed by atoms with Crippen molar-refractivity contribution in [3.05, 3.63) is 41.8 Å². The highest BCUT2D eigenvalue weighted by Gasteiger charge is 2.34. The van der Waals surface area contributed by atoms with E-state index in [1.165, 1.54) is 12.1 Å². The maximum Gasteiger partial charge on any atom is 0.253 e. The number of pyridine rings is 1. The topological polar surface area (TPSA) is 62.2 Å². The number of hydrogen-bond acceptors (Lipinski definition) is 3. The first-order chi connectivity index (χ1) is 9.57. The monoisotopic (exact) mass is 274 g/mol. The van der Waals surface area contributed by atoms with Crippen LogP contribution in [0, 0.1) is 5.82 Å². The molecule has 1 amide bonds. The van der Waals surface area contributed by atoms with Crippen LogP contribution in [0.4, 0.5) is 4.39 Å². The van der Waals surface area contributed by atoms with E-state index in [9.17, 15) is 14.3 Å². The van der Waals surface area contributed by atoms with E-state index in [-0.39, 0.29) is 12.1 Å². The molecule has 1 aromatic carbocycles. The fourth-order valence-electron chi connectivity index (χ4n) is 2.43. The van der Waals surface area contributed by atoms with Crippen molar-refractivity contribution in [2.45, 2.75) is 24.9 Å². The van der Waals surface area contributed by atoms with Gasteiger partial charge in [0.25, 0.3) is 5.91 Å². The number of hydrogen-bond donors (Lipinski definition) is 2. The second-order valence-corrected chi connectivity index (χ2v) is 5.29. The SMILES string of the molecule is O=C(NCC1(O)CCC1)c1cc(F)cc2cccnc12. The first-order valence-electron chi connectivity index (χ1n) is 6.62. The Morgan fingerprint density at radius 3 is 2.95 bits per heavy atom. The van der Waals surface area contributed by atoms with Crippen LogP contribution in [-0.4, -0.2) is 28.1 Å². The normalized spacial score (nSPS) is 16.7. The van der Waals surface area contributed by atoms with Gasteiger partial charge in [0.15, 0.2) is 0 Å². The lowest BCUT2D eigenvalue weighted by molar-refractivity contribution is -0.0300. The summed E-state index contributed by atoms with van der Waals surface area (Å²) in [7, 11) is 0. The highest BCUT2D eigenvalue weighted by Crippen LogP contribution is 2.30. The van der Waals surface area contributed by atoms with Crippen LogP contribution >= 0.6 is 0 Å². The van der Waals surface area contributed by atoms with Crippen molar-refractivity contribution in [2.24, 2.45) is 0 Å². The molecule has 0 bridgehead atoms. The molecule has 1 fully saturated rings. The summed E-state index contributed by atoms with van der Waals surface area (Å²) in [6.45, 7) is 0.191. The van der Waals surface area contributed by atoms with Gasteiger partial charge in [0.05, 0.1) is 16.7 Å². The number of carbonyl (C=O) groups is 1. The van der Waals surface area contributed by atoms with E-state index >= 15 is 0 Å². The lowest BCUT2D eigenvalue weighted by Crippen LogP contribution is -2.47. The van der Waals surface area contributed by atoms with Crippen molar-refractivity contribution < 1.29 is 14.3 Å². The van der Waals surface area contributed by atoms with Crippen molar-refractivity contribution in [3.63, 3.8) is 0 Å². The molecular formula is C15H15FN2O2. The fraction of sp³-hybridized carbons (Fsp3) is 0.333. The summed E-state index contributed by atoms with van der Waals surface area (Å²) < 4.78 is 13.6. The summed E-state index contributed by atoms with van der Waals surface area (Å²) in [5.41, 5.74) is -0.137. The van der Waals surface area contributed by atoms with Crippen LogP contribution < -0.4 is 5.32 Å². The minimum atomic E-state index is -0.799. The van der Waals surface area contributed by atoms with E-state index in [2.05, 4.69) is 10.3 Å². The third-order valence-corrected chi connectivity index (χ3v) is 3.78. The summed E-state index contributed by atoms with van der Waals surface area (Å²) in [5, 5.41) is 13.2. The number of nitrogens with zero attached hydrogens (tertiary/aromatic N) is 1. The average Bonchev–Trinajstić information content (AvgIpc) is 2.41. The Hall–Kier alpha value is -2.01. The lowest BCUT2D eigenvalue weighted by Gasteiger charge is -2.36. The standard InChI is InChI=1S/C15H15FN2O2/c16-11-7-10-3-1-6-17-13(10)12(8-11)14(19)18-9-15(20)4-2-5-15/h1,3,6-8,20H,2,4-5,9H2,(H,18,19). The quantitative estimate of drug-likeness (QED) is 0.900. The zero-order chi connectivity index (χ0) is 14.2. The van der Waals surface area contributed by atoms with Crippen molar-refractivity contribution in [1.82, 2.24) is 10.3 Å². The van der Waals surface area contributed by atoms with Gasteiger partial charge in [0.1, 0.15) is 5.82 Å². The minimum absolute atomic E-state index is 0.191. The molecule has 4 nitrogen and oxygen atoms in total. The molecule has 1 aliphatic rings. The molecule has 5 heteroatoms. The van der Waals surface area contributed by atoms with E-state index in [4.69, 9.17) is 0 Å². The van der Waals surface area contributed by atoms with Gasteiger partial charge in [0.2, 0.25) is 0 Å². The number of halogens is 1. The van der Waals surface area contributed by atoms with Crippen molar-refractivity contribution in [2.75, 3.05) is 6.54 Å². The molecule has 0 saturated heterocycles. The zero-order valence-corrected chi connectivity index (χ0v) is 10.9. The molecule has 1 aliphatic carbocycles. The number of nitrogens with one attached hydrogen (secondary N) is 1. The van der Waals surface area contributed by atoms with E-state index in [0.29, 0.717) is 23.7 Å². The van der Waals surface area contributed by atoms with E-state index < -0.39 is 17.3 Å². The van der Waals surface area contributed by atoms with Gasteiger partial charge in [0, 0.05) is 18.1 Å². The van der Waals surface area contributed by atoms with Gasteiger partial charge in [-0.1, -0.05) is 6.07 Å². The Bertz CT molecular complexity index is 668. The molecule has 0 radical (unpaired) electrons. The van der Waals surface area contributed by atoms with Crippen molar-refractivity contribution in [1.29, 1.82) is 0 Å². The van der Waals surface area contributed by atoms with Gasteiger partial charge in [-0.15, -0.1) is 0 Å². The second kappa shape index (κ2) is 4.83. The van der Waals surface area contributed by atoms with Gasteiger partial charge in [-0.2, -0.15) is 0 Å². The molecule has 2 N–H and O–H groups in total. The number of amides is 1. The predicted molar refractivity (Wildman–Crippen MR) is 72.8 cm³/mol. The molecule has 0 unspecified atom stereocenters. The number of carbonyl (C=O) groups excluding carboxylic acids is 1. The summed E-state index contributed by atoms with van der Waals surface area (Å²) >= 11 is 0. The average molecular weight is 274 g/mol. The second-order valence-electron chi connectivity index (χ2n) is 5.29. The Labute approximate surface area is 115 Å². The van der Waals surface area contributed by atoms with Crippen LogP contribution in [0.25, 0.3) is 10.9 Å². The first-order valence-corrected chi connectivity index (χ1v) is 6.62. The molecule has 1 aromatic heterocycles. The molecule has 1 heterocycles. The highest BCUT2D eigenvalue weighted by molar-refractivity contribution is 6.05. The van der Waals surface area contributed by atoms with Gasteiger partial charge in [-0.3, -0.25) is 9.78 Å². The minimum Gasteiger partial charge on any atom is -0.388 e. The summed E-state index contributed by atoms with van der Waals surface area (Å²) in [4.78, 5) is 16.3. The smallest absolute Gasteiger partial charge is 0.253 e. The molecule has 20 heavy (non-hydrogen) atoms. The number of aromatic nitrogens is 1. The van der Waals surface area contributed by atoms with Crippen LogP contribution in [0.3, 0.4) is 0 Å². The van der Waals surface area contributed by atoms with Crippen LogP contribution in [0.15, 0.2) is 30.5 Å². The molecule has 0 aliphatic heterocycles. The Morgan fingerprint density at radius 1 is 1.45 bits per heavy atom. The zero-order valence-electron chi connectivity index (χ0n) is 10.9. The number of rotatable bonds is 3.